The Labute approximate surface area is 133 Å². The summed E-state index contributed by atoms with van der Waals surface area (Å²) in [4.78, 5) is 4.50. The molecular weight excluding hydrogens is 294 g/mol. The van der Waals surface area contributed by atoms with Gasteiger partial charge in [-0.3, -0.25) is 0 Å². The first-order valence-corrected chi connectivity index (χ1v) is 7.39. The smallest absolute Gasteiger partial charge is 0.227 e. The summed E-state index contributed by atoms with van der Waals surface area (Å²) in [5.74, 6) is 0.608. The maximum absolute atomic E-state index is 5.98. The van der Waals surface area contributed by atoms with Crippen LogP contribution in [0.25, 0.3) is 33.7 Å². The van der Waals surface area contributed by atoms with Gasteiger partial charge in [0.25, 0.3) is 0 Å². The Kier molecular flexibility index (Phi) is 3.17. The van der Waals surface area contributed by atoms with Gasteiger partial charge in [0.1, 0.15) is 5.52 Å². The number of nitrogens with zero attached hydrogens (tertiary/aromatic N) is 1. The summed E-state index contributed by atoms with van der Waals surface area (Å²) < 4.78 is 5.78. The van der Waals surface area contributed by atoms with Gasteiger partial charge in [-0.25, -0.2) is 4.98 Å². The van der Waals surface area contributed by atoms with Crippen LogP contribution >= 0.6 is 11.6 Å². The molecule has 0 amide bonds. The summed E-state index contributed by atoms with van der Waals surface area (Å²) in [6.45, 7) is 0. The lowest BCUT2D eigenvalue weighted by molar-refractivity contribution is 0.620. The summed E-state index contributed by atoms with van der Waals surface area (Å²) in [6.07, 6.45) is 0. The fraction of sp³-hybridized carbons (Fsp3) is 0. The Morgan fingerprint density at radius 2 is 1.41 bits per heavy atom. The lowest BCUT2D eigenvalue weighted by atomic mass is 10.0. The fourth-order valence-corrected chi connectivity index (χ4v) is 2.63. The molecule has 2 nitrogen and oxygen atoms in total. The molecule has 0 fully saturated rings. The van der Waals surface area contributed by atoms with E-state index in [0.29, 0.717) is 10.9 Å². The van der Waals surface area contributed by atoms with E-state index in [-0.39, 0.29) is 0 Å². The van der Waals surface area contributed by atoms with Crippen molar-refractivity contribution in [2.45, 2.75) is 0 Å². The Bertz CT molecular complexity index is 927. The van der Waals surface area contributed by atoms with Crippen molar-refractivity contribution in [1.82, 2.24) is 4.98 Å². The van der Waals surface area contributed by atoms with Gasteiger partial charge in [-0.05, 0) is 41.5 Å². The number of halogens is 1. The van der Waals surface area contributed by atoms with Gasteiger partial charge in [-0.15, -0.1) is 0 Å². The minimum atomic E-state index is 0.608. The number of hydrogen-bond acceptors (Lipinski definition) is 2. The molecule has 106 valence electrons. The van der Waals surface area contributed by atoms with Crippen LogP contribution in [0.1, 0.15) is 0 Å². The van der Waals surface area contributed by atoms with E-state index >= 15 is 0 Å². The maximum Gasteiger partial charge on any atom is 0.227 e. The Hall–Kier alpha value is -2.58. The van der Waals surface area contributed by atoms with Gasteiger partial charge in [0.2, 0.25) is 5.89 Å². The van der Waals surface area contributed by atoms with Crippen LogP contribution in [0.2, 0.25) is 5.02 Å². The van der Waals surface area contributed by atoms with Gasteiger partial charge < -0.3 is 4.42 Å². The molecule has 0 spiro atoms. The van der Waals surface area contributed by atoms with E-state index in [1.165, 1.54) is 11.1 Å². The zero-order chi connectivity index (χ0) is 14.9. The first-order valence-electron chi connectivity index (χ1n) is 7.01. The van der Waals surface area contributed by atoms with E-state index in [9.17, 15) is 0 Å². The van der Waals surface area contributed by atoms with E-state index < -0.39 is 0 Å². The van der Waals surface area contributed by atoms with Crippen LogP contribution < -0.4 is 0 Å². The van der Waals surface area contributed by atoms with Gasteiger partial charge in [0.15, 0.2) is 5.58 Å². The van der Waals surface area contributed by atoms with Crippen molar-refractivity contribution in [2.24, 2.45) is 0 Å². The second-order valence-electron chi connectivity index (χ2n) is 5.07. The van der Waals surface area contributed by atoms with E-state index in [1.807, 2.05) is 42.5 Å². The Balaban J connectivity index is 1.73. The number of aromatic nitrogens is 1. The number of rotatable bonds is 2. The highest BCUT2D eigenvalue weighted by molar-refractivity contribution is 6.31. The molecule has 0 aliphatic carbocycles. The molecule has 0 atom stereocenters. The van der Waals surface area contributed by atoms with E-state index in [1.54, 1.807) is 6.07 Å². The predicted octanol–water partition coefficient (Wildman–Crippen LogP) is 5.82. The highest BCUT2D eigenvalue weighted by Crippen LogP contribution is 2.28. The number of fused-ring (bicyclic) bond motifs is 1. The third-order valence-electron chi connectivity index (χ3n) is 3.59. The van der Waals surface area contributed by atoms with Crippen molar-refractivity contribution in [2.75, 3.05) is 0 Å². The predicted molar refractivity (Wildman–Crippen MR) is 89.9 cm³/mol. The minimum absolute atomic E-state index is 0.608. The molecule has 0 aliphatic heterocycles. The van der Waals surface area contributed by atoms with E-state index in [2.05, 4.69) is 29.2 Å². The molecule has 0 unspecified atom stereocenters. The van der Waals surface area contributed by atoms with Crippen molar-refractivity contribution in [3.05, 3.63) is 77.8 Å². The lowest BCUT2D eigenvalue weighted by Crippen LogP contribution is -1.80. The normalized spacial score (nSPS) is 11.0. The molecule has 22 heavy (non-hydrogen) atoms. The summed E-state index contributed by atoms with van der Waals surface area (Å²) in [5.41, 5.74) is 4.83. The van der Waals surface area contributed by atoms with Crippen LogP contribution in [0.15, 0.2) is 77.2 Å². The van der Waals surface area contributed by atoms with Crippen LogP contribution in [0.3, 0.4) is 0 Å². The van der Waals surface area contributed by atoms with Crippen molar-refractivity contribution >= 4 is 22.7 Å². The van der Waals surface area contributed by atoms with Crippen LogP contribution in [0.5, 0.6) is 0 Å². The number of oxazole rings is 1. The zero-order valence-electron chi connectivity index (χ0n) is 11.7. The van der Waals surface area contributed by atoms with E-state index in [0.717, 1.165) is 16.7 Å². The largest absolute Gasteiger partial charge is 0.436 e. The van der Waals surface area contributed by atoms with Crippen LogP contribution in [-0.2, 0) is 0 Å². The molecule has 0 N–H and O–H groups in total. The van der Waals surface area contributed by atoms with Gasteiger partial charge in [-0.2, -0.15) is 0 Å². The van der Waals surface area contributed by atoms with Crippen molar-refractivity contribution in [3.63, 3.8) is 0 Å². The van der Waals surface area contributed by atoms with Gasteiger partial charge >= 0.3 is 0 Å². The van der Waals surface area contributed by atoms with Gasteiger partial charge in [0, 0.05) is 10.6 Å². The summed E-state index contributed by atoms with van der Waals surface area (Å²) in [5, 5.41) is 0.659. The van der Waals surface area contributed by atoms with Gasteiger partial charge in [0.05, 0.1) is 0 Å². The summed E-state index contributed by atoms with van der Waals surface area (Å²) in [7, 11) is 0. The molecule has 0 saturated heterocycles. The highest BCUT2D eigenvalue weighted by atomic mass is 35.5. The highest BCUT2D eigenvalue weighted by Gasteiger charge is 2.08. The molecule has 0 bridgehead atoms. The van der Waals surface area contributed by atoms with E-state index in [4.69, 9.17) is 16.0 Å². The number of hydrogen-bond donors (Lipinski definition) is 0. The van der Waals surface area contributed by atoms with Crippen molar-refractivity contribution < 1.29 is 4.42 Å². The van der Waals surface area contributed by atoms with Crippen molar-refractivity contribution in [1.29, 1.82) is 0 Å². The second kappa shape index (κ2) is 5.32. The molecule has 1 aromatic heterocycles. The molecule has 4 rings (SSSR count). The molecule has 0 aliphatic rings. The molecule has 1 heterocycles. The maximum atomic E-state index is 5.98. The first-order chi connectivity index (χ1) is 10.8. The van der Waals surface area contributed by atoms with Crippen LogP contribution in [-0.4, -0.2) is 4.98 Å². The van der Waals surface area contributed by atoms with Crippen LogP contribution in [0.4, 0.5) is 0 Å². The fourth-order valence-electron chi connectivity index (χ4n) is 2.46. The Morgan fingerprint density at radius 3 is 2.18 bits per heavy atom. The monoisotopic (exact) mass is 305 g/mol. The lowest BCUT2D eigenvalue weighted by Gasteiger charge is -2.02. The van der Waals surface area contributed by atoms with Crippen molar-refractivity contribution in [3.8, 4) is 22.6 Å². The molecular formula is C19H12ClNO. The summed E-state index contributed by atoms with van der Waals surface area (Å²) in [6, 6.07) is 23.9. The van der Waals surface area contributed by atoms with Crippen LogP contribution in [0, 0.1) is 0 Å². The zero-order valence-corrected chi connectivity index (χ0v) is 12.4. The molecule has 3 aromatic carbocycles. The quantitative estimate of drug-likeness (QED) is 0.466. The third kappa shape index (κ3) is 2.38. The minimum Gasteiger partial charge on any atom is -0.436 e. The topological polar surface area (TPSA) is 26.0 Å². The molecule has 0 radical (unpaired) electrons. The number of benzene rings is 3. The molecule has 3 heteroatoms. The first kappa shape index (κ1) is 13.1. The Morgan fingerprint density at radius 1 is 0.727 bits per heavy atom. The SMILES string of the molecule is Clc1ccc2oc(-c3ccc(-c4ccccc4)cc3)nc2c1. The molecule has 0 saturated carbocycles. The third-order valence-corrected chi connectivity index (χ3v) is 3.82. The second-order valence-corrected chi connectivity index (χ2v) is 5.51. The van der Waals surface area contributed by atoms with Gasteiger partial charge in [-0.1, -0.05) is 54.1 Å². The molecule has 4 aromatic rings. The average Bonchev–Trinajstić information content (AvgIpc) is 2.99. The standard InChI is InChI=1S/C19H12ClNO/c20-16-10-11-18-17(12-16)21-19(22-18)15-8-6-14(7-9-15)13-4-2-1-3-5-13/h1-12H. The summed E-state index contributed by atoms with van der Waals surface area (Å²) >= 11 is 5.98. The average molecular weight is 306 g/mol.